The third-order valence-electron chi connectivity index (χ3n) is 2.97. The van der Waals surface area contributed by atoms with Crippen molar-refractivity contribution >= 4 is 6.09 Å². The zero-order valence-electron chi connectivity index (χ0n) is 12.4. The Balaban J connectivity index is 1.80. The summed E-state index contributed by atoms with van der Waals surface area (Å²) in [6.45, 7) is 0.0305. The highest BCUT2D eigenvalue weighted by Crippen LogP contribution is 2.09. The summed E-state index contributed by atoms with van der Waals surface area (Å²) in [5.74, 6) is 4.78. The molecule has 2 N–H and O–H groups in total. The molecule has 0 aliphatic carbocycles. The number of carbonyl (C=O) groups is 1. The van der Waals surface area contributed by atoms with Gasteiger partial charge in [-0.15, -0.1) is 0 Å². The maximum atomic E-state index is 13.5. The summed E-state index contributed by atoms with van der Waals surface area (Å²) in [6, 6.07) is 13.5. The monoisotopic (exact) mass is 313 g/mol. The number of benzene rings is 2. The molecule has 118 valence electrons. The van der Waals surface area contributed by atoms with E-state index < -0.39 is 11.9 Å². The highest BCUT2D eigenvalue weighted by Gasteiger charge is 2.02. The van der Waals surface area contributed by atoms with Gasteiger partial charge in [0.1, 0.15) is 12.4 Å². The first kappa shape index (κ1) is 16.5. The molecule has 0 spiro atoms. The van der Waals surface area contributed by atoms with Crippen molar-refractivity contribution in [2.75, 3.05) is 6.54 Å². The Morgan fingerprint density at radius 2 is 1.96 bits per heavy atom. The second-order valence-electron chi connectivity index (χ2n) is 4.69. The second kappa shape index (κ2) is 8.57. The minimum Gasteiger partial charge on any atom is -0.445 e. The Bertz CT molecular complexity index is 720. The fraction of sp³-hybridized carbons (Fsp3) is 0.167. The van der Waals surface area contributed by atoms with Crippen LogP contribution in [0.25, 0.3) is 0 Å². The highest BCUT2D eigenvalue weighted by molar-refractivity contribution is 5.67. The molecule has 2 aromatic rings. The summed E-state index contributed by atoms with van der Waals surface area (Å²) in [6.07, 6.45) is -0.590. The molecule has 0 radical (unpaired) electrons. The maximum absolute atomic E-state index is 13.5. The van der Waals surface area contributed by atoms with Crippen LogP contribution in [-0.4, -0.2) is 17.7 Å². The van der Waals surface area contributed by atoms with Crippen molar-refractivity contribution in [1.29, 1.82) is 0 Å². The van der Waals surface area contributed by atoms with Crippen LogP contribution >= 0.6 is 0 Å². The van der Waals surface area contributed by atoms with Gasteiger partial charge in [0.25, 0.3) is 0 Å². The van der Waals surface area contributed by atoms with Gasteiger partial charge in [-0.05, 0) is 23.3 Å². The Labute approximate surface area is 133 Å². The molecule has 0 aromatic heterocycles. The fourth-order valence-electron chi connectivity index (χ4n) is 1.80. The number of rotatable bonds is 4. The molecule has 5 heteroatoms. The van der Waals surface area contributed by atoms with E-state index in [1.807, 2.05) is 30.3 Å². The van der Waals surface area contributed by atoms with Crippen LogP contribution in [-0.2, 0) is 18.0 Å². The second-order valence-corrected chi connectivity index (χ2v) is 4.69. The number of halogens is 1. The van der Waals surface area contributed by atoms with Crippen LogP contribution in [0.5, 0.6) is 0 Å². The van der Waals surface area contributed by atoms with E-state index in [1.54, 1.807) is 0 Å². The van der Waals surface area contributed by atoms with Gasteiger partial charge in [-0.1, -0.05) is 48.2 Å². The average Bonchev–Trinajstić information content (AvgIpc) is 2.59. The molecule has 0 fully saturated rings. The number of alkyl carbamates (subject to hydrolysis) is 1. The normalized spacial score (nSPS) is 9.65. The van der Waals surface area contributed by atoms with Gasteiger partial charge in [0.2, 0.25) is 0 Å². The van der Waals surface area contributed by atoms with Crippen molar-refractivity contribution in [3.63, 3.8) is 0 Å². The van der Waals surface area contributed by atoms with Crippen LogP contribution in [0.15, 0.2) is 48.5 Å². The van der Waals surface area contributed by atoms with Crippen molar-refractivity contribution in [1.82, 2.24) is 5.32 Å². The fourth-order valence-corrected chi connectivity index (χ4v) is 1.80. The van der Waals surface area contributed by atoms with Gasteiger partial charge in [0.15, 0.2) is 0 Å². The van der Waals surface area contributed by atoms with Gasteiger partial charge in [0.05, 0.1) is 18.7 Å². The minimum absolute atomic E-state index is 0.0381. The molecule has 23 heavy (non-hydrogen) atoms. The number of aliphatic hydroxyl groups is 1. The molecule has 0 aliphatic rings. The minimum atomic E-state index is -0.590. The zero-order chi connectivity index (χ0) is 16.5. The molecule has 0 bridgehead atoms. The summed E-state index contributed by atoms with van der Waals surface area (Å²) in [5, 5.41) is 11.5. The number of amides is 1. The van der Waals surface area contributed by atoms with Crippen molar-refractivity contribution in [3.05, 3.63) is 71.0 Å². The highest BCUT2D eigenvalue weighted by atomic mass is 19.1. The van der Waals surface area contributed by atoms with Gasteiger partial charge in [-0.25, -0.2) is 9.18 Å². The van der Waals surface area contributed by atoms with E-state index >= 15 is 0 Å². The zero-order valence-corrected chi connectivity index (χ0v) is 12.4. The molecule has 4 nitrogen and oxygen atoms in total. The molecule has 0 saturated heterocycles. The maximum Gasteiger partial charge on any atom is 0.408 e. The van der Waals surface area contributed by atoms with E-state index in [0.717, 1.165) is 5.56 Å². The molecule has 0 saturated carbocycles. The van der Waals surface area contributed by atoms with Crippen molar-refractivity contribution in [2.24, 2.45) is 0 Å². The average molecular weight is 313 g/mol. The van der Waals surface area contributed by atoms with Gasteiger partial charge in [0, 0.05) is 0 Å². The van der Waals surface area contributed by atoms with Crippen LogP contribution in [0, 0.1) is 17.7 Å². The number of aliphatic hydroxyl groups excluding tert-OH is 1. The molecule has 2 rings (SSSR count). The lowest BCUT2D eigenvalue weighted by Gasteiger charge is -2.04. The Hall–Kier alpha value is -2.84. The predicted molar refractivity (Wildman–Crippen MR) is 83.8 cm³/mol. The van der Waals surface area contributed by atoms with Crippen LogP contribution in [0.3, 0.4) is 0 Å². The largest absolute Gasteiger partial charge is 0.445 e. The summed E-state index contributed by atoms with van der Waals surface area (Å²) in [7, 11) is 0. The molecule has 0 unspecified atom stereocenters. The van der Waals surface area contributed by atoms with E-state index in [1.165, 1.54) is 18.2 Å². The van der Waals surface area contributed by atoms with Crippen molar-refractivity contribution in [3.8, 4) is 11.8 Å². The molecule has 0 heterocycles. The predicted octanol–water partition coefficient (Wildman–Crippen LogP) is 2.60. The standard InChI is InChI=1S/C18H16FNO3/c19-17-9-8-15(12-21)11-16(17)7-4-10-20-18(22)23-13-14-5-2-1-3-6-14/h1-3,5-6,8-9,11,21H,10,12-13H2,(H,20,22). The van der Waals surface area contributed by atoms with E-state index in [2.05, 4.69) is 17.2 Å². The first-order valence-corrected chi connectivity index (χ1v) is 7.02. The smallest absolute Gasteiger partial charge is 0.408 e. The van der Waals surface area contributed by atoms with Crippen molar-refractivity contribution < 1.29 is 19.0 Å². The van der Waals surface area contributed by atoms with Gasteiger partial charge < -0.3 is 15.2 Å². The molecule has 0 atom stereocenters. The van der Waals surface area contributed by atoms with Crippen LogP contribution in [0.4, 0.5) is 9.18 Å². The number of nitrogens with one attached hydrogen (secondary N) is 1. The van der Waals surface area contributed by atoms with E-state index in [4.69, 9.17) is 9.84 Å². The third-order valence-corrected chi connectivity index (χ3v) is 2.97. The summed E-state index contributed by atoms with van der Waals surface area (Å²) < 4.78 is 18.5. The Morgan fingerprint density at radius 1 is 1.17 bits per heavy atom. The molecular formula is C18H16FNO3. The number of hydrogen-bond acceptors (Lipinski definition) is 3. The lowest BCUT2D eigenvalue weighted by molar-refractivity contribution is 0.141. The summed E-state index contributed by atoms with van der Waals surface area (Å²) in [4.78, 5) is 11.5. The topological polar surface area (TPSA) is 58.6 Å². The summed E-state index contributed by atoms with van der Waals surface area (Å²) >= 11 is 0. The Morgan fingerprint density at radius 3 is 2.70 bits per heavy atom. The van der Waals surface area contributed by atoms with E-state index in [-0.39, 0.29) is 25.3 Å². The number of hydrogen-bond donors (Lipinski definition) is 2. The van der Waals surface area contributed by atoms with E-state index in [0.29, 0.717) is 5.56 Å². The summed E-state index contributed by atoms with van der Waals surface area (Å²) in [5.41, 5.74) is 1.64. The first-order chi connectivity index (χ1) is 11.2. The quantitative estimate of drug-likeness (QED) is 0.853. The van der Waals surface area contributed by atoms with Gasteiger partial charge in [-0.3, -0.25) is 0 Å². The molecule has 0 aliphatic heterocycles. The first-order valence-electron chi connectivity index (χ1n) is 7.02. The third kappa shape index (κ3) is 5.46. The lowest BCUT2D eigenvalue weighted by atomic mass is 10.1. The molecule has 2 aromatic carbocycles. The molecular weight excluding hydrogens is 297 g/mol. The van der Waals surface area contributed by atoms with Gasteiger partial charge >= 0.3 is 6.09 Å². The SMILES string of the molecule is O=C(NCC#Cc1cc(CO)ccc1F)OCc1ccccc1. The Kier molecular flexibility index (Phi) is 6.16. The number of carbonyl (C=O) groups excluding carboxylic acids is 1. The number of ether oxygens (including phenoxy) is 1. The van der Waals surface area contributed by atoms with Crippen LogP contribution in [0.2, 0.25) is 0 Å². The van der Waals surface area contributed by atoms with E-state index in [9.17, 15) is 9.18 Å². The lowest BCUT2D eigenvalue weighted by Crippen LogP contribution is -2.24. The van der Waals surface area contributed by atoms with Gasteiger partial charge in [-0.2, -0.15) is 0 Å². The van der Waals surface area contributed by atoms with Crippen LogP contribution in [0.1, 0.15) is 16.7 Å². The van der Waals surface area contributed by atoms with Crippen molar-refractivity contribution in [2.45, 2.75) is 13.2 Å². The molecule has 1 amide bonds. The van der Waals surface area contributed by atoms with Crippen LogP contribution < -0.4 is 5.32 Å².